The molecule has 0 atom stereocenters. The van der Waals surface area contributed by atoms with E-state index in [1.807, 2.05) is 6.92 Å². The smallest absolute Gasteiger partial charge is 0.294 e. The van der Waals surface area contributed by atoms with Crippen LogP contribution in [0, 0.1) is 0 Å². The fourth-order valence-electron chi connectivity index (χ4n) is 3.10. The SMILES string of the molecule is CCOc1cccc(-c2c(C(=O)N/N=C/c3ccc(OCC(N)=O)cc3)nnn2-c2nonc2N)c1. The van der Waals surface area contributed by atoms with Crippen LogP contribution in [0.15, 0.2) is 58.3 Å². The van der Waals surface area contributed by atoms with Gasteiger partial charge in [-0.1, -0.05) is 17.3 Å². The number of rotatable bonds is 10. The van der Waals surface area contributed by atoms with Gasteiger partial charge < -0.3 is 20.9 Å². The number of nitrogens with zero attached hydrogens (tertiary/aromatic N) is 6. The van der Waals surface area contributed by atoms with Crippen molar-refractivity contribution in [1.82, 2.24) is 30.7 Å². The number of hydrogen-bond acceptors (Lipinski definition) is 11. The number of nitrogen functional groups attached to an aromatic ring is 1. The summed E-state index contributed by atoms with van der Waals surface area (Å²) >= 11 is 0. The number of hydrogen-bond donors (Lipinski definition) is 3. The van der Waals surface area contributed by atoms with Crippen molar-refractivity contribution in [2.75, 3.05) is 18.9 Å². The van der Waals surface area contributed by atoms with Crippen LogP contribution in [0.4, 0.5) is 5.82 Å². The Labute approximate surface area is 203 Å². The van der Waals surface area contributed by atoms with Crippen LogP contribution in [0.5, 0.6) is 11.5 Å². The minimum Gasteiger partial charge on any atom is -0.494 e. The molecule has 0 fully saturated rings. The molecule has 184 valence electrons. The molecule has 0 aliphatic rings. The second-order valence-corrected chi connectivity index (χ2v) is 7.16. The average Bonchev–Trinajstić information content (AvgIpc) is 3.50. The number of carbonyl (C=O) groups excluding carboxylic acids is 2. The summed E-state index contributed by atoms with van der Waals surface area (Å²) in [5, 5.41) is 19.3. The summed E-state index contributed by atoms with van der Waals surface area (Å²) in [6.45, 7) is 2.09. The van der Waals surface area contributed by atoms with E-state index in [1.165, 1.54) is 10.9 Å². The van der Waals surface area contributed by atoms with E-state index in [2.05, 4.69) is 35.8 Å². The number of benzene rings is 2. The third kappa shape index (κ3) is 5.44. The van der Waals surface area contributed by atoms with E-state index in [0.29, 0.717) is 29.2 Å². The van der Waals surface area contributed by atoms with Crippen LogP contribution in [0.25, 0.3) is 17.1 Å². The van der Waals surface area contributed by atoms with Gasteiger partial charge in [0.25, 0.3) is 11.8 Å². The Morgan fingerprint density at radius 1 is 1.14 bits per heavy atom. The van der Waals surface area contributed by atoms with E-state index < -0.39 is 11.8 Å². The predicted molar refractivity (Wildman–Crippen MR) is 126 cm³/mol. The van der Waals surface area contributed by atoms with Crippen LogP contribution >= 0.6 is 0 Å². The Bertz CT molecular complexity index is 1400. The summed E-state index contributed by atoms with van der Waals surface area (Å²) < 4.78 is 16.7. The van der Waals surface area contributed by atoms with Crippen LogP contribution in [-0.2, 0) is 4.79 Å². The van der Waals surface area contributed by atoms with Crippen molar-refractivity contribution in [3.05, 3.63) is 59.8 Å². The fraction of sp³-hybridized carbons (Fsp3) is 0.136. The lowest BCUT2D eigenvalue weighted by atomic mass is 10.1. The van der Waals surface area contributed by atoms with E-state index in [4.69, 9.17) is 20.9 Å². The molecule has 5 N–H and O–H groups in total. The standard InChI is InChI=1S/C22H21N9O5/c1-2-34-16-5-3-4-14(10-16)19-18(26-30-31(19)21-20(24)28-36-29-21)22(33)27-25-11-13-6-8-15(9-7-13)35-12-17(23)32/h3-11H,2,12H2,1H3,(H2,23,32)(H2,24,28)(H,27,33)/b25-11+. The zero-order chi connectivity index (χ0) is 25.5. The molecule has 4 aromatic rings. The topological polar surface area (TPSA) is 199 Å². The number of carbonyl (C=O) groups is 2. The van der Waals surface area contributed by atoms with Crippen molar-refractivity contribution in [1.29, 1.82) is 0 Å². The molecule has 2 aromatic carbocycles. The van der Waals surface area contributed by atoms with Gasteiger partial charge in [-0.25, -0.2) is 10.1 Å². The van der Waals surface area contributed by atoms with Crippen molar-refractivity contribution in [3.63, 3.8) is 0 Å². The highest BCUT2D eigenvalue weighted by molar-refractivity contribution is 5.99. The third-order valence-corrected chi connectivity index (χ3v) is 4.64. The van der Waals surface area contributed by atoms with Crippen LogP contribution in [0.1, 0.15) is 23.0 Å². The molecule has 2 amide bonds. The average molecular weight is 491 g/mol. The van der Waals surface area contributed by atoms with E-state index in [9.17, 15) is 9.59 Å². The predicted octanol–water partition coefficient (Wildman–Crippen LogP) is 0.926. The van der Waals surface area contributed by atoms with Gasteiger partial charge in [0.15, 0.2) is 12.3 Å². The molecule has 4 rings (SSSR count). The van der Waals surface area contributed by atoms with Gasteiger partial charge in [-0.05, 0) is 59.2 Å². The lowest BCUT2D eigenvalue weighted by Gasteiger charge is -2.08. The van der Waals surface area contributed by atoms with Crippen LogP contribution in [-0.4, -0.2) is 56.5 Å². The first-order valence-electron chi connectivity index (χ1n) is 10.6. The van der Waals surface area contributed by atoms with E-state index in [0.717, 1.165) is 0 Å². The quantitative estimate of drug-likeness (QED) is 0.212. The molecule has 0 saturated heterocycles. The molecular formula is C22H21N9O5. The Morgan fingerprint density at radius 3 is 2.64 bits per heavy atom. The summed E-state index contributed by atoms with van der Waals surface area (Å²) in [4.78, 5) is 23.8. The van der Waals surface area contributed by atoms with Gasteiger partial charge in [0.1, 0.15) is 17.2 Å². The zero-order valence-electron chi connectivity index (χ0n) is 19.0. The number of hydrazone groups is 1. The first-order valence-corrected chi connectivity index (χ1v) is 10.6. The Balaban J connectivity index is 1.58. The highest BCUT2D eigenvalue weighted by Gasteiger charge is 2.25. The Morgan fingerprint density at radius 2 is 1.94 bits per heavy atom. The summed E-state index contributed by atoms with van der Waals surface area (Å²) in [5.41, 5.74) is 14.8. The third-order valence-electron chi connectivity index (χ3n) is 4.64. The number of anilines is 1. The van der Waals surface area contributed by atoms with Gasteiger partial charge in [0.05, 0.1) is 12.8 Å². The Hall–Kier alpha value is -5.27. The number of ether oxygens (including phenoxy) is 2. The van der Waals surface area contributed by atoms with Gasteiger partial charge in [0.2, 0.25) is 11.6 Å². The van der Waals surface area contributed by atoms with Crippen molar-refractivity contribution in [2.24, 2.45) is 10.8 Å². The molecule has 36 heavy (non-hydrogen) atoms. The van der Waals surface area contributed by atoms with E-state index in [1.54, 1.807) is 48.5 Å². The largest absolute Gasteiger partial charge is 0.494 e. The van der Waals surface area contributed by atoms with Crippen molar-refractivity contribution < 1.29 is 23.7 Å². The van der Waals surface area contributed by atoms with E-state index in [-0.39, 0.29) is 29.6 Å². The molecule has 0 unspecified atom stereocenters. The van der Waals surface area contributed by atoms with Crippen molar-refractivity contribution >= 4 is 23.8 Å². The van der Waals surface area contributed by atoms with Gasteiger partial charge in [-0.3, -0.25) is 9.59 Å². The molecule has 14 nitrogen and oxygen atoms in total. The second-order valence-electron chi connectivity index (χ2n) is 7.16. The first-order chi connectivity index (χ1) is 17.5. The molecule has 0 aliphatic heterocycles. The molecule has 0 saturated carbocycles. The minimum atomic E-state index is -0.634. The maximum atomic E-state index is 13.0. The fourth-order valence-corrected chi connectivity index (χ4v) is 3.10. The zero-order valence-corrected chi connectivity index (χ0v) is 19.0. The number of nitrogens with two attached hydrogens (primary N) is 2. The number of aromatic nitrogens is 5. The van der Waals surface area contributed by atoms with Crippen LogP contribution in [0.3, 0.4) is 0 Å². The van der Waals surface area contributed by atoms with Crippen LogP contribution in [0.2, 0.25) is 0 Å². The van der Waals surface area contributed by atoms with Crippen molar-refractivity contribution in [2.45, 2.75) is 6.92 Å². The second kappa shape index (κ2) is 10.8. The number of amides is 2. The number of nitrogens with one attached hydrogen (secondary N) is 1. The van der Waals surface area contributed by atoms with Crippen LogP contribution < -0.4 is 26.4 Å². The highest BCUT2D eigenvalue weighted by Crippen LogP contribution is 2.29. The summed E-state index contributed by atoms with van der Waals surface area (Å²) in [5.74, 6) is -0.123. The van der Waals surface area contributed by atoms with Crippen molar-refractivity contribution in [3.8, 4) is 28.6 Å². The van der Waals surface area contributed by atoms with E-state index >= 15 is 0 Å². The number of primary amides is 1. The Kier molecular flexibility index (Phi) is 7.14. The summed E-state index contributed by atoms with van der Waals surface area (Å²) in [6, 6.07) is 13.7. The van der Waals surface area contributed by atoms with Gasteiger partial charge in [0, 0.05) is 5.56 Å². The molecule has 2 aromatic heterocycles. The molecule has 14 heteroatoms. The van der Waals surface area contributed by atoms with Gasteiger partial charge >= 0.3 is 0 Å². The first kappa shape index (κ1) is 23.9. The molecule has 0 radical (unpaired) electrons. The molecule has 2 heterocycles. The van der Waals surface area contributed by atoms with Gasteiger partial charge in [-0.2, -0.15) is 9.78 Å². The summed E-state index contributed by atoms with van der Waals surface area (Å²) in [6.07, 6.45) is 1.43. The maximum absolute atomic E-state index is 13.0. The normalized spacial score (nSPS) is 10.9. The summed E-state index contributed by atoms with van der Waals surface area (Å²) in [7, 11) is 0. The molecule has 0 bridgehead atoms. The minimum absolute atomic E-state index is 0.0321. The monoisotopic (exact) mass is 491 g/mol. The highest BCUT2D eigenvalue weighted by atomic mass is 16.6. The van der Waals surface area contributed by atoms with Gasteiger partial charge in [-0.15, -0.1) is 5.10 Å². The molecule has 0 spiro atoms. The maximum Gasteiger partial charge on any atom is 0.294 e. The molecular weight excluding hydrogens is 470 g/mol. The lowest BCUT2D eigenvalue weighted by Crippen LogP contribution is -2.20. The molecule has 0 aliphatic carbocycles. The lowest BCUT2D eigenvalue weighted by molar-refractivity contribution is -0.119.